The first-order valence-electron chi connectivity index (χ1n) is 5.48. The number of ether oxygens (including phenoxy) is 1. The van der Waals surface area contributed by atoms with Crippen LogP contribution in [0.5, 0.6) is 0 Å². The lowest BCUT2D eigenvalue weighted by atomic mass is 10.2. The number of carbonyl (C=O) groups excluding carboxylic acids is 2. The van der Waals surface area contributed by atoms with Crippen LogP contribution in [0, 0.1) is 0 Å². The van der Waals surface area contributed by atoms with E-state index in [2.05, 4.69) is 10.6 Å². The lowest BCUT2D eigenvalue weighted by Crippen LogP contribution is -2.45. The van der Waals surface area contributed by atoms with E-state index in [0.29, 0.717) is 0 Å². The van der Waals surface area contributed by atoms with E-state index in [-0.39, 0.29) is 12.1 Å². The normalized spacial score (nSPS) is 26.2. The Morgan fingerprint density at radius 1 is 1.44 bits per heavy atom. The van der Waals surface area contributed by atoms with Gasteiger partial charge in [0.1, 0.15) is 6.10 Å². The maximum absolute atomic E-state index is 11.5. The van der Waals surface area contributed by atoms with Gasteiger partial charge in [-0.15, -0.1) is 0 Å². The Labute approximate surface area is 94.9 Å². The molecular weight excluding hydrogens is 210 g/mol. The molecule has 3 amide bonds. The summed E-state index contributed by atoms with van der Waals surface area (Å²) in [4.78, 5) is 22.4. The molecule has 4 N–H and O–H groups in total. The van der Waals surface area contributed by atoms with Gasteiger partial charge in [0, 0.05) is 13.1 Å². The number of carbonyl (C=O) groups is 2. The molecular formula is C10H19N3O3. The first-order chi connectivity index (χ1) is 7.54. The fourth-order valence-corrected chi connectivity index (χ4v) is 1.72. The number of nitrogens with one attached hydrogen (secondary N) is 2. The highest BCUT2D eigenvalue weighted by Crippen LogP contribution is 2.21. The Morgan fingerprint density at radius 3 is 2.62 bits per heavy atom. The van der Waals surface area contributed by atoms with E-state index in [1.165, 1.54) is 7.05 Å². The van der Waals surface area contributed by atoms with Gasteiger partial charge in [-0.1, -0.05) is 0 Å². The van der Waals surface area contributed by atoms with Crippen molar-refractivity contribution in [2.24, 2.45) is 5.73 Å². The summed E-state index contributed by atoms with van der Waals surface area (Å²) in [5.41, 5.74) is 5.82. The first-order valence-corrected chi connectivity index (χ1v) is 5.48. The van der Waals surface area contributed by atoms with Crippen LogP contribution in [0.15, 0.2) is 0 Å². The fourth-order valence-electron chi connectivity index (χ4n) is 1.72. The lowest BCUT2D eigenvalue weighted by Gasteiger charge is -2.20. The second kappa shape index (κ2) is 5.81. The molecule has 0 aromatic heterocycles. The van der Waals surface area contributed by atoms with Crippen molar-refractivity contribution in [2.45, 2.75) is 44.4 Å². The molecule has 0 aromatic carbocycles. The number of urea groups is 1. The van der Waals surface area contributed by atoms with Crippen molar-refractivity contribution >= 4 is 11.9 Å². The smallest absolute Gasteiger partial charge is 0.321 e. The van der Waals surface area contributed by atoms with Crippen LogP contribution in [-0.2, 0) is 9.53 Å². The Kier molecular flexibility index (Phi) is 4.70. The van der Waals surface area contributed by atoms with Crippen LogP contribution in [0.25, 0.3) is 0 Å². The second-order valence-corrected chi connectivity index (χ2v) is 3.98. The molecule has 6 nitrogen and oxygen atoms in total. The van der Waals surface area contributed by atoms with E-state index in [4.69, 9.17) is 10.5 Å². The Hall–Kier alpha value is -1.14. The van der Waals surface area contributed by atoms with Gasteiger partial charge >= 0.3 is 6.03 Å². The minimum absolute atomic E-state index is 0.00440. The topological polar surface area (TPSA) is 93.5 Å². The third-order valence-corrected chi connectivity index (χ3v) is 2.72. The molecule has 0 spiro atoms. The Balaban J connectivity index is 2.36. The third-order valence-electron chi connectivity index (χ3n) is 2.72. The van der Waals surface area contributed by atoms with Crippen LogP contribution < -0.4 is 16.4 Å². The predicted molar refractivity (Wildman–Crippen MR) is 58.8 cm³/mol. The average molecular weight is 229 g/mol. The van der Waals surface area contributed by atoms with Crippen LogP contribution in [0.3, 0.4) is 0 Å². The number of nitrogens with two attached hydrogens (primary N) is 1. The van der Waals surface area contributed by atoms with Crippen LogP contribution in [0.4, 0.5) is 4.79 Å². The SMILES string of the molecule is CNC(=O)NC(=O)C(C)OC1CCCC1N. The molecule has 0 heterocycles. The van der Waals surface area contributed by atoms with E-state index < -0.39 is 18.0 Å². The number of rotatable bonds is 3. The molecule has 1 aliphatic carbocycles. The van der Waals surface area contributed by atoms with Gasteiger partial charge in [0.15, 0.2) is 0 Å². The zero-order valence-corrected chi connectivity index (χ0v) is 9.66. The quantitative estimate of drug-likeness (QED) is 0.621. The van der Waals surface area contributed by atoms with Crippen molar-refractivity contribution in [3.8, 4) is 0 Å². The second-order valence-electron chi connectivity index (χ2n) is 3.98. The molecule has 1 rings (SSSR count). The van der Waals surface area contributed by atoms with Gasteiger partial charge in [0.05, 0.1) is 6.10 Å². The minimum Gasteiger partial charge on any atom is -0.364 e. The van der Waals surface area contributed by atoms with E-state index in [9.17, 15) is 9.59 Å². The molecule has 3 atom stereocenters. The van der Waals surface area contributed by atoms with Gasteiger partial charge in [0.2, 0.25) is 0 Å². The van der Waals surface area contributed by atoms with Crippen molar-refractivity contribution in [2.75, 3.05) is 7.05 Å². The monoisotopic (exact) mass is 229 g/mol. The minimum atomic E-state index is -0.661. The molecule has 1 saturated carbocycles. The van der Waals surface area contributed by atoms with E-state index in [0.717, 1.165) is 19.3 Å². The predicted octanol–water partition coefficient (Wildman–Crippen LogP) is -0.273. The van der Waals surface area contributed by atoms with E-state index in [1.54, 1.807) is 6.92 Å². The summed E-state index contributed by atoms with van der Waals surface area (Å²) in [5, 5.41) is 4.47. The molecule has 0 bridgehead atoms. The Bertz CT molecular complexity index is 270. The standard InChI is InChI=1S/C10H19N3O3/c1-6(9(14)13-10(15)12-2)16-8-5-3-4-7(8)11/h6-8H,3-5,11H2,1-2H3,(H2,12,13,14,15). The van der Waals surface area contributed by atoms with E-state index >= 15 is 0 Å². The van der Waals surface area contributed by atoms with Crippen molar-refractivity contribution in [3.05, 3.63) is 0 Å². The van der Waals surface area contributed by atoms with Gasteiger partial charge in [-0.2, -0.15) is 0 Å². The molecule has 0 saturated heterocycles. The van der Waals surface area contributed by atoms with Crippen LogP contribution in [0.2, 0.25) is 0 Å². The summed E-state index contributed by atoms with van der Waals surface area (Å²) >= 11 is 0. The van der Waals surface area contributed by atoms with Crippen molar-refractivity contribution < 1.29 is 14.3 Å². The maximum atomic E-state index is 11.5. The van der Waals surface area contributed by atoms with Crippen molar-refractivity contribution in [1.29, 1.82) is 0 Å². The zero-order chi connectivity index (χ0) is 12.1. The van der Waals surface area contributed by atoms with Crippen molar-refractivity contribution in [1.82, 2.24) is 10.6 Å². The number of imide groups is 1. The molecule has 3 unspecified atom stereocenters. The summed E-state index contributed by atoms with van der Waals surface area (Å²) in [5.74, 6) is -0.446. The van der Waals surface area contributed by atoms with Gasteiger partial charge < -0.3 is 15.8 Å². The average Bonchev–Trinajstić information content (AvgIpc) is 2.64. The zero-order valence-electron chi connectivity index (χ0n) is 9.66. The molecule has 1 aliphatic rings. The highest BCUT2D eigenvalue weighted by molar-refractivity contribution is 5.96. The molecule has 0 aliphatic heterocycles. The fraction of sp³-hybridized carbons (Fsp3) is 0.800. The lowest BCUT2D eigenvalue weighted by molar-refractivity contribution is -0.134. The summed E-state index contributed by atoms with van der Waals surface area (Å²) in [6.45, 7) is 1.61. The molecule has 1 fully saturated rings. The maximum Gasteiger partial charge on any atom is 0.321 e. The molecule has 0 aromatic rings. The highest BCUT2D eigenvalue weighted by Gasteiger charge is 2.28. The summed E-state index contributed by atoms with van der Waals surface area (Å²) < 4.78 is 5.51. The van der Waals surface area contributed by atoms with Crippen LogP contribution in [-0.4, -0.2) is 37.2 Å². The van der Waals surface area contributed by atoms with Gasteiger partial charge in [0.25, 0.3) is 5.91 Å². The largest absolute Gasteiger partial charge is 0.364 e. The Morgan fingerprint density at radius 2 is 2.12 bits per heavy atom. The summed E-state index contributed by atoms with van der Waals surface area (Å²) in [6, 6.07) is -0.536. The molecule has 6 heteroatoms. The van der Waals surface area contributed by atoms with Gasteiger partial charge in [-0.3, -0.25) is 10.1 Å². The van der Waals surface area contributed by atoms with E-state index in [1.807, 2.05) is 0 Å². The number of hydrogen-bond donors (Lipinski definition) is 3. The van der Waals surface area contributed by atoms with Crippen LogP contribution >= 0.6 is 0 Å². The van der Waals surface area contributed by atoms with Crippen LogP contribution in [0.1, 0.15) is 26.2 Å². The number of amides is 3. The molecule has 16 heavy (non-hydrogen) atoms. The summed E-state index contributed by atoms with van der Waals surface area (Å²) in [6.07, 6.45) is 2.08. The first kappa shape index (κ1) is 12.9. The molecule has 92 valence electrons. The number of hydrogen-bond acceptors (Lipinski definition) is 4. The van der Waals surface area contributed by atoms with Gasteiger partial charge in [-0.25, -0.2) is 4.79 Å². The summed E-state index contributed by atoms with van der Waals surface area (Å²) in [7, 11) is 1.45. The van der Waals surface area contributed by atoms with Gasteiger partial charge in [-0.05, 0) is 26.2 Å². The third kappa shape index (κ3) is 3.46. The highest BCUT2D eigenvalue weighted by atomic mass is 16.5. The molecule has 0 radical (unpaired) electrons. The van der Waals surface area contributed by atoms with Crippen molar-refractivity contribution in [3.63, 3.8) is 0 Å².